The highest BCUT2D eigenvalue weighted by Crippen LogP contribution is 2.10. The molecule has 1 aromatic heterocycles. The number of ether oxygens (including phenoxy) is 1. The van der Waals surface area contributed by atoms with Gasteiger partial charge in [-0.3, -0.25) is 9.59 Å². The first-order valence-corrected chi connectivity index (χ1v) is 7.85. The van der Waals surface area contributed by atoms with Crippen molar-refractivity contribution >= 4 is 17.5 Å². The van der Waals surface area contributed by atoms with Gasteiger partial charge in [-0.2, -0.15) is 0 Å². The Balaban J connectivity index is 1.84. The number of piperazine rings is 1. The van der Waals surface area contributed by atoms with Gasteiger partial charge in [-0.1, -0.05) is 0 Å². The largest absolute Gasteiger partial charge is 0.385 e. The summed E-state index contributed by atoms with van der Waals surface area (Å²) in [6.45, 7) is 5.34. The summed E-state index contributed by atoms with van der Waals surface area (Å²) in [6, 6.07) is 3.59. The maximum atomic E-state index is 12.4. The molecule has 2 heterocycles. The van der Waals surface area contributed by atoms with Crippen LogP contribution in [0.3, 0.4) is 0 Å². The van der Waals surface area contributed by atoms with Crippen LogP contribution >= 0.6 is 0 Å². The molecule has 7 nitrogen and oxygen atoms in total. The first-order chi connectivity index (χ1) is 11.1. The molecular formula is C16H24N4O3. The highest BCUT2D eigenvalue weighted by atomic mass is 16.5. The van der Waals surface area contributed by atoms with Crippen LogP contribution in [0.5, 0.6) is 0 Å². The number of carbonyl (C=O) groups excluding carboxylic acids is 2. The molecule has 0 atom stereocenters. The number of hydrogen-bond acceptors (Lipinski definition) is 5. The van der Waals surface area contributed by atoms with E-state index in [-0.39, 0.29) is 11.8 Å². The molecule has 0 bridgehead atoms. The number of anilines is 1. The predicted octanol–water partition coefficient (Wildman–Crippen LogP) is 0.834. The smallest absolute Gasteiger partial charge is 0.272 e. The maximum absolute atomic E-state index is 12.4. The van der Waals surface area contributed by atoms with E-state index in [2.05, 4.69) is 10.3 Å². The number of nitrogens with zero attached hydrogens (tertiary/aromatic N) is 3. The monoisotopic (exact) mass is 320 g/mol. The fourth-order valence-corrected chi connectivity index (χ4v) is 2.46. The van der Waals surface area contributed by atoms with Crippen LogP contribution in [0, 0.1) is 0 Å². The van der Waals surface area contributed by atoms with Crippen LogP contribution < -0.4 is 5.32 Å². The summed E-state index contributed by atoms with van der Waals surface area (Å²) in [6.07, 6.45) is 2.59. The topological polar surface area (TPSA) is 74.8 Å². The predicted molar refractivity (Wildman–Crippen MR) is 87.4 cm³/mol. The second-order valence-corrected chi connectivity index (χ2v) is 5.50. The van der Waals surface area contributed by atoms with Gasteiger partial charge >= 0.3 is 0 Å². The molecule has 0 spiro atoms. The fraction of sp³-hybridized carbons (Fsp3) is 0.562. The van der Waals surface area contributed by atoms with Crippen molar-refractivity contribution in [3.8, 4) is 0 Å². The van der Waals surface area contributed by atoms with E-state index in [0.717, 1.165) is 18.7 Å². The van der Waals surface area contributed by atoms with Crippen LogP contribution in [0.2, 0.25) is 0 Å². The summed E-state index contributed by atoms with van der Waals surface area (Å²) in [5.41, 5.74) is 1.32. The zero-order valence-corrected chi connectivity index (χ0v) is 13.7. The molecule has 0 saturated carbocycles. The van der Waals surface area contributed by atoms with E-state index in [0.29, 0.717) is 38.5 Å². The number of carbonyl (C=O) groups is 2. The Labute approximate surface area is 136 Å². The summed E-state index contributed by atoms with van der Waals surface area (Å²) < 4.78 is 4.99. The molecule has 0 aliphatic carbocycles. The minimum atomic E-state index is -0.0841. The van der Waals surface area contributed by atoms with Crippen LogP contribution in [0.25, 0.3) is 0 Å². The van der Waals surface area contributed by atoms with E-state index < -0.39 is 0 Å². The van der Waals surface area contributed by atoms with Gasteiger partial charge in [0.1, 0.15) is 5.69 Å². The average molecular weight is 320 g/mol. The van der Waals surface area contributed by atoms with Gasteiger partial charge in [0.05, 0.1) is 11.9 Å². The molecule has 7 heteroatoms. The van der Waals surface area contributed by atoms with Crippen LogP contribution in [-0.4, -0.2) is 73.0 Å². The number of aromatic nitrogens is 1. The second-order valence-electron chi connectivity index (χ2n) is 5.50. The SMILES string of the molecule is COCCCNc1ccc(C(=O)N2CCN(C(C)=O)CC2)nc1. The Hall–Kier alpha value is -2.15. The molecule has 1 N–H and O–H groups in total. The quantitative estimate of drug-likeness (QED) is 0.786. The van der Waals surface area contributed by atoms with Gasteiger partial charge in [0.2, 0.25) is 5.91 Å². The molecule has 2 amide bonds. The number of methoxy groups -OCH3 is 1. The summed E-state index contributed by atoms with van der Waals surface area (Å²) in [5.74, 6) is -0.0294. The average Bonchev–Trinajstić information content (AvgIpc) is 2.59. The van der Waals surface area contributed by atoms with E-state index in [1.54, 1.807) is 36.1 Å². The number of nitrogens with one attached hydrogen (secondary N) is 1. The zero-order chi connectivity index (χ0) is 16.7. The normalized spacial score (nSPS) is 14.7. The van der Waals surface area contributed by atoms with Gasteiger partial charge < -0.3 is 19.9 Å². The van der Waals surface area contributed by atoms with Crippen LogP contribution in [-0.2, 0) is 9.53 Å². The van der Waals surface area contributed by atoms with Gasteiger partial charge in [0, 0.05) is 53.4 Å². The number of rotatable bonds is 6. The van der Waals surface area contributed by atoms with Crippen molar-refractivity contribution in [3.63, 3.8) is 0 Å². The van der Waals surface area contributed by atoms with E-state index in [1.807, 2.05) is 6.07 Å². The lowest BCUT2D eigenvalue weighted by Crippen LogP contribution is -2.50. The second kappa shape index (κ2) is 8.47. The Morgan fingerprint density at radius 1 is 1.22 bits per heavy atom. The van der Waals surface area contributed by atoms with Crippen molar-refractivity contribution in [3.05, 3.63) is 24.0 Å². The molecular weight excluding hydrogens is 296 g/mol. The molecule has 1 aromatic rings. The lowest BCUT2D eigenvalue weighted by molar-refractivity contribution is -0.130. The summed E-state index contributed by atoms with van der Waals surface area (Å²) in [4.78, 5) is 31.5. The van der Waals surface area contributed by atoms with Gasteiger partial charge in [0.25, 0.3) is 5.91 Å². The number of pyridine rings is 1. The number of amides is 2. The van der Waals surface area contributed by atoms with E-state index in [4.69, 9.17) is 4.74 Å². The highest BCUT2D eigenvalue weighted by molar-refractivity contribution is 5.92. The Bertz CT molecular complexity index is 525. The van der Waals surface area contributed by atoms with E-state index in [9.17, 15) is 9.59 Å². The standard InChI is InChI=1S/C16H24N4O3/c1-13(21)19-7-9-20(10-8-19)16(22)15-5-4-14(12-18-15)17-6-3-11-23-2/h4-5,12,17H,3,6-11H2,1-2H3. The maximum Gasteiger partial charge on any atom is 0.272 e. The third kappa shape index (κ3) is 4.92. The lowest BCUT2D eigenvalue weighted by atomic mass is 10.2. The summed E-state index contributed by atoms with van der Waals surface area (Å²) in [5, 5.41) is 3.23. The Morgan fingerprint density at radius 3 is 2.48 bits per heavy atom. The van der Waals surface area contributed by atoms with Crippen LogP contribution in [0.4, 0.5) is 5.69 Å². The molecule has 1 fully saturated rings. The molecule has 23 heavy (non-hydrogen) atoms. The summed E-state index contributed by atoms with van der Waals surface area (Å²) >= 11 is 0. The molecule has 1 saturated heterocycles. The van der Waals surface area contributed by atoms with E-state index in [1.165, 1.54) is 0 Å². The summed E-state index contributed by atoms with van der Waals surface area (Å²) in [7, 11) is 1.68. The van der Waals surface area contributed by atoms with Gasteiger partial charge in [0.15, 0.2) is 0 Å². The van der Waals surface area contributed by atoms with Crippen molar-refractivity contribution in [2.75, 3.05) is 51.8 Å². The van der Waals surface area contributed by atoms with Gasteiger partial charge in [-0.15, -0.1) is 0 Å². The van der Waals surface area contributed by atoms with Crippen molar-refractivity contribution in [1.82, 2.24) is 14.8 Å². The first kappa shape index (κ1) is 17.2. The minimum absolute atomic E-state index is 0.0547. The third-order valence-electron chi connectivity index (χ3n) is 3.85. The Kier molecular flexibility index (Phi) is 6.34. The number of hydrogen-bond donors (Lipinski definition) is 1. The van der Waals surface area contributed by atoms with Crippen molar-refractivity contribution < 1.29 is 14.3 Å². The van der Waals surface area contributed by atoms with E-state index >= 15 is 0 Å². The van der Waals surface area contributed by atoms with Crippen LogP contribution in [0.15, 0.2) is 18.3 Å². The van der Waals surface area contributed by atoms with Crippen LogP contribution in [0.1, 0.15) is 23.8 Å². The first-order valence-electron chi connectivity index (χ1n) is 7.85. The third-order valence-corrected chi connectivity index (χ3v) is 3.85. The Morgan fingerprint density at radius 2 is 1.91 bits per heavy atom. The van der Waals surface area contributed by atoms with Crippen molar-refractivity contribution in [2.45, 2.75) is 13.3 Å². The van der Waals surface area contributed by atoms with Gasteiger partial charge in [-0.25, -0.2) is 4.98 Å². The zero-order valence-electron chi connectivity index (χ0n) is 13.7. The van der Waals surface area contributed by atoms with Crippen molar-refractivity contribution in [1.29, 1.82) is 0 Å². The highest BCUT2D eigenvalue weighted by Gasteiger charge is 2.23. The molecule has 1 aliphatic heterocycles. The van der Waals surface area contributed by atoms with Crippen molar-refractivity contribution in [2.24, 2.45) is 0 Å². The molecule has 0 aromatic carbocycles. The molecule has 2 rings (SSSR count). The fourth-order valence-electron chi connectivity index (χ4n) is 2.46. The lowest BCUT2D eigenvalue weighted by Gasteiger charge is -2.34. The molecule has 1 aliphatic rings. The molecule has 0 radical (unpaired) electrons. The molecule has 126 valence electrons. The van der Waals surface area contributed by atoms with Gasteiger partial charge in [-0.05, 0) is 18.6 Å². The molecule has 0 unspecified atom stereocenters. The minimum Gasteiger partial charge on any atom is -0.385 e.